The van der Waals surface area contributed by atoms with Gasteiger partial charge in [-0.25, -0.2) is 0 Å². The van der Waals surface area contributed by atoms with Crippen LogP contribution in [0.2, 0.25) is 0 Å². The maximum atomic E-state index is 12.9. The second-order valence-electron chi connectivity index (χ2n) is 8.37. The van der Waals surface area contributed by atoms with Gasteiger partial charge in [0.1, 0.15) is 0 Å². The molecular weight excluding hydrogens is 432 g/mol. The predicted octanol–water partition coefficient (Wildman–Crippen LogP) is 3.87. The Kier molecular flexibility index (Phi) is 5.43. The largest absolute Gasteiger partial charge is 0.361 e. The van der Waals surface area contributed by atoms with E-state index in [4.69, 9.17) is 6.57 Å². The number of fused-ring (bicyclic) bond motifs is 2. The van der Waals surface area contributed by atoms with Gasteiger partial charge < -0.3 is 14.3 Å². The molecule has 0 radical (unpaired) electrons. The van der Waals surface area contributed by atoms with Gasteiger partial charge in [0.05, 0.1) is 10.4 Å². The molecule has 0 amide bonds. The number of aryl methyl sites for hydroxylation is 1. The molecule has 1 fully saturated rings. The standard InChI is InChI=1S/C25H22N6O3/c1-26-21-11-10-20-22(27-21)23(24(31(33)34)25(32)28(20)2)30-14-12-29(13-15-30)16-18-8-5-7-17-6-3-4-9-19(17)18/h3-11H,12-16H2,2H3. The summed E-state index contributed by atoms with van der Waals surface area (Å²) in [5.41, 5.74) is 1.05. The molecule has 1 saturated heterocycles. The van der Waals surface area contributed by atoms with Crippen LogP contribution in [0.1, 0.15) is 5.56 Å². The third-order valence-corrected chi connectivity index (χ3v) is 6.44. The molecule has 170 valence electrons. The summed E-state index contributed by atoms with van der Waals surface area (Å²) in [5, 5.41) is 14.3. The van der Waals surface area contributed by atoms with E-state index in [-0.39, 0.29) is 11.5 Å². The normalized spacial score (nSPS) is 14.4. The van der Waals surface area contributed by atoms with Gasteiger partial charge in [-0.3, -0.25) is 19.8 Å². The van der Waals surface area contributed by atoms with Gasteiger partial charge in [-0.05, 0) is 28.5 Å². The highest BCUT2D eigenvalue weighted by molar-refractivity contribution is 5.94. The molecule has 5 rings (SSSR count). The number of pyridine rings is 2. The zero-order chi connectivity index (χ0) is 23.8. The van der Waals surface area contributed by atoms with Crippen molar-refractivity contribution in [3.63, 3.8) is 0 Å². The van der Waals surface area contributed by atoms with E-state index < -0.39 is 16.2 Å². The zero-order valence-corrected chi connectivity index (χ0v) is 18.6. The van der Waals surface area contributed by atoms with Crippen molar-refractivity contribution in [3.05, 3.63) is 92.0 Å². The monoisotopic (exact) mass is 454 g/mol. The molecule has 0 aliphatic carbocycles. The number of piperazine rings is 1. The van der Waals surface area contributed by atoms with Crippen molar-refractivity contribution >= 4 is 39.0 Å². The molecule has 0 unspecified atom stereocenters. The lowest BCUT2D eigenvalue weighted by atomic mass is 10.0. The summed E-state index contributed by atoms with van der Waals surface area (Å²) in [4.78, 5) is 36.1. The Hall–Kier alpha value is -4.29. The van der Waals surface area contributed by atoms with E-state index in [0.29, 0.717) is 37.2 Å². The maximum Gasteiger partial charge on any atom is 0.361 e. The third kappa shape index (κ3) is 3.64. The van der Waals surface area contributed by atoms with Gasteiger partial charge in [-0.2, -0.15) is 0 Å². The average Bonchev–Trinajstić information content (AvgIpc) is 2.86. The van der Waals surface area contributed by atoms with Crippen LogP contribution in [0.5, 0.6) is 0 Å². The van der Waals surface area contributed by atoms with Gasteiger partial charge in [-0.15, -0.1) is 4.98 Å². The van der Waals surface area contributed by atoms with Gasteiger partial charge >= 0.3 is 11.2 Å². The second kappa shape index (κ2) is 8.57. The van der Waals surface area contributed by atoms with Gasteiger partial charge in [0.25, 0.3) is 5.82 Å². The van der Waals surface area contributed by atoms with E-state index in [1.165, 1.54) is 34.0 Å². The van der Waals surface area contributed by atoms with Crippen molar-refractivity contribution in [1.82, 2.24) is 14.5 Å². The topological polar surface area (TPSA) is 88.9 Å². The smallest absolute Gasteiger partial charge is 0.361 e. The van der Waals surface area contributed by atoms with Crippen LogP contribution >= 0.6 is 0 Å². The molecule has 1 aliphatic rings. The Labute approximate surface area is 195 Å². The fourth-order valence-electron chi connectivity index (χ4n) is 4.70. The number of aromatic nitrogens is 2. The van der Waals surface area contributed by atoms with Crippen LogP contribution in [0.25, 0.3) is 26.7 Å². The lowest BCUT2D eigenvalue weighted by Crippen LogP contribution is -2.46. The van der Waals surface area contributed by atoms with Crippen LogP contribution in [0.4, 0.5) is 17.2 Å². The molecule has 2 aromatic heterocycles. The molecule has 0 N–H and O–H groups in total. The van der Waals surface area contributed by atoms with E-state index in [9.17, 15) is 14.9 Å². The van der Waals surface area contributed by atoms with Gasteiger partial charge in [0.2, 0.25) is 5.52 Å². The quantitative estimate of drug-likeness (QED) is 0.264. The highest BCUT2D eigenvalue weighted by Gasteiger charge is 2.33. The van der Waals surface area contributed by atoms with Crippen LogP contribution < -0.4 is 10.5 Å². The maximum absolute atomic E-state index is 12.9. The first-order chi connectivity index (χ1) is 16.5. The van der Waals surface area contributed by atoms with Gasteiger partial charge in [0.15, 0.2) is 5.69 Å². The molecule has 0 bridgehead atoms. The molecule has 4 aromatic rings. The lowest BCUT2D eigenvalue weighted by Gasteiger charge is -2.35. The van der Waals surface area contributed by atoms with Crippen molar-refractivity contribution in [2.24, 2.45) is 7.05 Å². The van der Waals surface area contributed by atoms with E-state index in [1.54, 1.807) is 6.07 Å². The van der Waals surface area contributed by atoms with Crippen LogP contribution in [0.3, 0.4) is 0 Å². The molecule has 9 nitrogen and oxygen atoms in total. The molecule has 9 heteroatoms. The molecule has 0 spiro atoms. The second-order valence-corrected chi connectivity index (χ2v) is 8.37. The summed E-state index contributed by atoms with van der Waals surface area (Å²) in [6.45, 7) is 10.5. The molecular formula is C25H22N6O3. The number of hydrogen-bond acceptors (Lipinski definition) is 6. The van der Waals surface area contributed by atoms with E-state index in [0.717, 1.165) is 6.54 Å². The SMILES string of the molecule is [C-]#[N+]c1ccc2c(n1)c(N1CCN(Cc3cccc4ccccc34)CC1)c([N+](=O)[O-])c(=O)n2C. The van der Waals surface area contributed by atoms with Crippen molar-refractivity contribution in [1.29, 1.82) is 0 Å². The Bertz CT molecular complexity index is 1520. The molecule has 0 saturated carbocycles. The highest BCUT2D eigenvalue weighted by atomic mass is 16.6. The number of rotatable bonds is 4. The molecule has 3 heterocycles. The van der Waals surface area contributed by atoms with Crippen LogP contribution in [0.15, 0.2) is 59.4 Å². The zero-order valence-electron chi connectivity index (χ0n) is 18.6. The number of benzene rings is 2. The summed E-state index contributed by atoms with van der Waals surface area (Å²) in [6.07, 6.45) is 0. The summed E-state index contributed by atoms with van der Waals surface area (Å²) >= 11 is 0. The fourth-order valence-corrected chi connectivity index (χ4v) is 4.70. The summed E-state index contributed by atoms with van der Waals surface area (Å²) < 4.78 is 1.23. The van der Waals surface area contributed by atoms with E-state index >= 15 is 0 Å². The van der Waals surface area contributed by atoms with E-state index in [1.807, 2.05) is 17.0 Å². The highest BCUT2D eigenvalue weighted by Crippen LogP contribution is 2.34. The first-order valence-corrected chi connectivity index (χ1v) is 11.0. The minimum atomic E-state index is -0.678. The number of anilines is 1. The van der Waals surface area contributed by atoms with Crippen LogP contribution in [0, 0.1) is 16.7 Å². The molecule has 34 heavy (non-hydrogen) atoms. The van der Waals surface area contributed by atoms with Crippen molar-refractivity contribution in [2.45, 2.75) is 6.54 Å². The minimum Gasteiger partial charge on any atom is -0.361 e. The summed E-state index contributed by atoms with van der Waals surface area (Å²) in [7, 11) is 1.49. The average molecular weight is 454 g/mol. The van der Waals surface area contributed by atoms with Gasteiger partial charge in [0, 0.05) is 39.8 Å². The Morgan fingerprint density at radius 1 is 1.06 bits per heavy atom. The Morgan fingerprint density at radius 3 is 2.53 bits per heavy atom. The predicted molar refractivity (Wildman–Crippen MR) is 131 cm³/mol. The van der Waals surface area contributed by atoms with Gasteiger partial charge in [-0.1, -0.05) is 49.0 Å². The van der Waals surface area contributed by atoms with Crippen molar-refractivity contribution in [2.75, 3.05) is 31.1 Å². The van der Waals surface area contributed by atoms with Crippen molar-refractivity contribution in [3.8, 4) is 0 Å². The number of nitrogens with zero attached hydrogens (tertiary/aromatic N) is 6. The van der Waals surface area contributed by atoms with E-state index in [2.05, 4.69) is 45.1 Å². The lowest BCUT2D eigenvalue weighted by molar-refractivity contribution is -0.385. The third-order valence-electron chi connectivity index (χ3n) is 6.44. The van der Waals surface area contributed by atoms with Crippen LogP contribution in [-0.4, -0.2) is 45.6 Å². The summed E-state index contributed by atoms with van der Waals surface area (Å²) in [6, 6.07) is 17.7. The summed E-state index contributed by atoms with van der Waals surface area (Å²) in [5.74, 6) is 0.135. The van der Waals surface area contributed by atoms with Crippen molar-refractivity contribution < 1.29 is 4.92 Å². The number of hydrogen-bond donors (Lipinski definition) is 0. The Balaban J connectivity index is 1.48. The minimum absolute atomic E-state index is 0.135. The molecule has 0 atom stereocenters. The van der Waals surface area contributed by atoms with Crippen LogP contribution in [-0.2, 0) is 13.6 Å². The molecule has 2 aromatic carbocycles. The first-order valence-electron chi connectivity index (χ1n) is 11.0. The first kappa shape index (κ1) is 21.6. The Morgan fingerprint density at radius 2 is 1.79 bits per heavy atom. The fraction of sp³-hybridized carbons (Fsp3) is 0.240. The number of nitro groups is 1. The molecule has 1 aliphatic heterocycles.